The highest BCUT2D eigenvalue weighted by Gasteiger charge is 2.14. The largest absolute Gasteiger partial charge is 0.463 e. The zero-order chi connectivity index (χ0) is 14.3. The van der Waals surface area contributed by atoms with E-state index in [4.69, 9.17) is 4.74 Å². The van der Waals surface area contributed by atoms with E-state index in [2.05, 4.69) is 11.6 Å². The number of Topliss-reactive ketones (excluding diaryl/α,β-unsaturated/α-hetero) is 1. The van der Waals surface area contributed by atoms with Crippen LogP contribution in [0.3, 0.4) is 0 Å². The molecule has 0 aromatic heterocycles. The molecule has 0 aliphatic carbocycles. The summed E-state index contributed by atoms with van der Waals surface area (Å²) in [6.45, 7) is 5.31. The standard InChI is InChI=1S/C14H17NO4/c1-3-14(18)19-6-4-5-12(16)9-11-7-10(2)8-13(17)15-11/h3,8H,1,4-7,9H2,2H3. The number of dihydropyridines is 1. The lowest BCUT2D eigenvalue weighted by Gasteiger charge is -2.09. The van der Waals surface area contributed by atoms with E-state index in [9.17, 15) is 14.4 Å². The van der Waals surface area contributed by atoms with Crippen molar-refractivity contribution in [2.24, 2.45) is 4.99 Å². The third-order valence-corrected chi connectivity index (χ3v) is 2.53. The van der Waals surface area contributed by atoms with E-state index in [1.807, 2.05) is 6.92 Å². The molecule has 0 N–H and O–H groups in total. The second kappa shape index (κ2) is 7.41. The van der Waals surface area contributed by atoms with Crippen molar-refractivity contribution in [1.82, 2.24) is 0 Å². The second-order valence-corrected chi connectivity index (χ2v) is 4.37. The van der Waals surface area contributed by atoms with Crippen LogP contribution in [0.4, 0.5) is 0 Å². The number of hydrogen-bond acceptors (Lipinski definition) is 4. The quantitative estimate of drug-likeness (QED) is 0.398. The number of hydrogen-bond donors (Lipinski definition) is 0. The number of allylic oxidation sites excluding steroid dienone is 1. The normalized spacial score (nSPS) is 14.5. The Balaban J connectivity index is 2.27. The maximum absolute atomic E-state index is 11.7. The number of ketones is 1. The monoisotopic (exact) mass is 263 g/mol. The number of nitrogens with zero attached hydrogens (tertiary/aromatic N) is 1. The van der Waals surface area contributed by atoms with Crippen LogP contribution in [0.15, 0.2) is 29.3 Å². The van der Waals surface area contributed by atoms with Crippen molar-refractivity contribution in [3.8, 4) is 0 Å². The number of aliphatic imine (C=N–C) groups is 1. The molecule has 1 aliphatic rings. The van der Waals surface area contributed by atoms with Gasteiger partial charge in [-0.3, -0.25) is 9.59 Å². The summed E-state index contributed by atoms with van der Waals surface area (Å²) in [4.78, 5) is 37.4. The molecule has 1 aliphatic heterocycles. The Morgan fingerprint density at radius 2 is 2.26 bits per heavy atom. The molecule has 0 fully saturated rings. The van der Waals surface area contributed by atoms with E-state index >= 15 is 0 Å². The number of carbonyl (C=O) groups is 3. The fourth-order valence-electron chi connectivity index (χ4n) is 1.73. The van der Waals surface area contributed by atoms with Gasteiger partial charge in [0.05, 0.1) is 6.61 Å². The van der Waals surface area contributed by atoms with Gasteiger partial charge in [0.1, 0.15) is 5.78 Å². The molecule has 19 heavy (non-hydrogen) atoms. The van der Waals surface area contributed by atoms with Crippen LogP contribution in [-0.4, -0.2) is 30.0 Å². The molecule has 0 atom stereocenters. The maximum atomic E-state index is 11.7. The van der Waals surface area contributed by atoms with Gasteiger partial charge in [-0.05, 0) is 13.3 Å². The van der Waals surface area contributed by atoms with Crippen molar-refractivity contribution in [3.05, 3.63) is 24.3 Å². The predicted molar refractivity (Wildman–Crippen MR) is 70.8 cm³/mol. The third-order valence-electron chi connectivity index (χ3n) is 2.53. The molecule has 0 radical (unpaired) electrons. The van der Waals surface area contributed by atoms with Crippen LogP contribution < -0.4 is 0 Å². The van der Waals surface area contributed by atoms with Crippen LogP contribution in [0.2, 0.25) is 0 Å². The van der Waals surface area contributed by atoms with E-state index in [1.54, 1.807) is 0 Å². The van der Waals surface area contributed by atoms with Gasteiger partial charge >= 0.3 is 5.97 Å². The van der Waals surface area contributed by atoms with Gasteiger partial charge < -0.3 is 4.74 Å². The lowest BCUT2D eigenvalue weighted by molar-refractivity contribution is -0.138. The van der Waals surface area contributed by atoms with Crippen LogP contribution in [-0.2, 0) is 19.1 Å². The van der Waals surface area contributed by atoms with Gasteiger partial charge in [0.15, 0.2) is 0 Å². The summed E-state index contributed by atoms with van der Waals surface area (Å²) in [5.74, 6) is -0.794. The lowest BCUT2D eigenvalue weighted by Crippen LogP contribution is -2.14. The Hall–Kier alpha value is -2.04. The summed E-state index contributed by atoms with van der Waals surface area (Å²) in [5.41, 5.74) is 1.53. The van der Waals surface area contributed by atoms with Crippen molar-refractivity contribution in [1.29, 1.82) is 0 Å². The van der Waals surface area contributed by atoms with Crippen LogP contribution in [0.5, 0.6) is 0 Å². The fourth-order valence-corrected chi connectivity index (χ4v) is 1.73. The van der Waals surface area contributed by atoms with Crippen LogP contribution in [0.25, 0.3) is 0 Å². The van der Waals surface area contributed by atoms with Crippen molar-refractivity contribution < 1.29 is 19.1 Å². The van der Waals surface area contributed by atoms with Crippen LogP contribution in [0, 0.1) is 0 Å². The number of ether oxygens (including phenoxy) is 1. The van der Waals surface area contributed by atoms with E-state index in [1.165, 1.54) is 6.08 Å². The van der Waals surface area contributed by atoms with E-state index in [0.29, 0.717) is 25.0 Å². The summed E-state index contributed by atoms with van der Waals surface area (Å²) in [5, 5.41) is 0. The van der Waals surface area contributed by atoms with Crippen LogP contribution in [0.1, 0.15) is 32.6 Å². The molecule has 0 saturated heterocycles. The van der Waals surface area contributed by atoms with Crippen molar-refractivity contribution in [2.75, 3.05) is 6.61 Å². The summed E-state index contributed by atoms with van der Waals surface area (Å²) in [7, 11) is 0. The molecule has 0 aromatic rings. The lowest BCUT2D eigenvalue weighted by atomic mass is 10.0. The molecule has 1 rings (SSSR count). The van der Waals surface area contributed by atoms with Gasteiger partial charge in [-0.2, -0.15) is 0 Å². The Labute approximate surface area is 112 Å². The number of esters is 1. The first-order chi connectivity index (χ1) is 9.01. The first-order valence-electron chi connectivity index (χ1n) is 6.09. The molecule has 1 heterocycles. The fraction of sp³-hybridized carbons (Fsp3) is 0.429. The van der Waals surface area contributed by atoms with E-state index < -0.39 is 5.97 Å². The van der Waals surface area contributed by atoms with Crippen molar-refractivity contribution >= 4 is 23.4 Å². The van der Waals surface area contributed by atoms with Gasteiger partial charge in [0, 0.05) is 37.1 Å². The first kappa shape index (κ1) is 15.0. The topological polar surface area (TPSA) is 72.8 Å². The highest BCUT2D eigenvalue weighted by atomic mass is 16.5. The molecule has 0 saturated carbocycles. The van der Waals surface area contributed by atoms with Gasteiger partial charge in [0.25, 0.3) is 5.91 Å². The van der Waals surface area contributed by atoms with Gasteiger partial charge in [0.2, 0.25) is 0 Å². The highest BCUT2D eigenvalue weighted by Crippen LogP contribution is 2.12. The number of carbonyl (C=O) groups excluding carboxylic acids is 3. The summed E-state index contributed by atoms with van der Waals surface area (Å²) in [6.07, 6.45) is 4.09. The van der Waals surface area contributed by atoms with Gasteiger partial charge in [-0.1, -0.05) is 12.2 Å². The minimum absolute atomic E-state index is 0.00379. The average molecular weight is 263 g/mol. The summed E-state index contributed by atoms with van der Waals surface area (Å²) in [6, 6.07) is 0. The molecule has 102 valence electrons. The Bertz CT molecular complexity index is 460. The van der Waals surface area contributed by atoms with E-state index in [-0.39, 0.29) is 24.7 Å². The minimum Gasteiger partial charge on any atom is -0.463 e. The third kappa shape index (κ3) is 5.90. The first-order valence-corrected chi connectivity index (χ1v) is 6.09. The number of amides is 1. The predicted octanol–water partition coefficient (Wildman–Crippen LogP) is 1.77. The molecule has 0 unspecified atom stereocenters. The Morgan fingerprint density at radius 3 is 2.89 bits per heavy atom. The molecule has 0 spiro atoms. The van der Waals surface area contributed by atoms with Crippen molar-refractivity contribution in [3.63, 3.8) is 0 Å². The molecule has 5 heteroatoms. The summed E-state index contributed by atoms with van der Waals surface area (Å²) < 4.78 is 4.76. The molecular weight excluding hydrogens is 246 g/mol. The van der Waals surface area contributed by atoms with Crippen LogP contribution >= 0.6 is 0 Å². The average Bonchev–Trinajstić information content (AvgIpc) is 2.33. The molecule has 5 nitrogen and oxygen atoms in total. The molecule has 0 bridgehead atoms. The minimum atomic E-state index is -0.490. The smallest absolute Gasteiger partial charge is 0.330 e. The Morgan fingerprint density at radius 1 is 1.53 bits per heavy atom. The Kier molecular flexibility index (Phi) is 5.85. The van der Waals surface area contributed by atoms with Crippen molar-refractivity contribution in [2.45, 2.75) is 32.6 Å². The molecule has 0 aromatic carbocycles. The van der Waals surface area contributed by atoms with Gasteiger partial charge in [-0.25, -0.2) is 9.79 Å². The zero-order valence-electron chi connectivity index (χ0n) is 11.0. The van der Waals surface area contributed by atoms with Gasteiger partial charge in [-0.15, -0.1) is 0 Å². The maximum Gasteiger partial charge on any atom is 0.330 e. The zero-order valence-corrected chi connectivity index (χ0v) is 11.0. The summed E-state index contributed by atoms with van der Waals surface area (Å²) >= 11 is 0. The SMILES string of the molecule is C=CC(=O)OCCCC(=O)CC1=NC(=O)C=C(C)C1. The second-order valence-electron chi connectivity index (χ2n) is 4.37. The molecular formula is C14H17NO4. The van der Waals surface area contributed by atoms with E-state index in [0.717, 1.165) is 11.6 Å². The highest BCUT2D eigenvalue weighted by molar-refractivity contribution is 6.10. The molecule has 1 amide bonds. The number of rotatable bonds is 7.